The van der Waals surface area contributed by atoms with Crippen molar-refractivity contribution in [1.29, 1.82) is 0 Å². The molecule has 0 radical (unpaired) electrons. The maximum Gasteiger partial charge on any atom is 0.326 e. The number of thioether (sulfide) groups is 1. The molecule has 0 spiro atoms. The summed E-state index contributed by atoms with van der Waals surface area (Å²) >= 11 is 1.55. The van der Waals surface area contributed by atoms with E-state index in [-0.39, 0.29) is 5.91 Å². The Kier molecular flexibility index (Phi) is 6.74. The first-order chi connectivity index (χ1) is 12.4. The van der Waals surface area contributed by atoms with Gasteiger partial charge in [-0.25, -0.2) is 4.79 Å². The number of rotatable bonds is 8. The smallest absolute Gasteiger partial charge is 0.326 e. The summed E-state index contributed by atoms with van der Waals surface area (Å²) in [6.07, 6.45) is 2.29. The van der Waals surface area contributed by atoms with Gasteiger partial charge in [0.15, 0.2) is 0 Å². The number of carboxylic acid groups (broad SMARTS) is 1. The van der Waals surface area contributed by atoms with E-state index in [1.54, 1.807) is 24.9 Å². The Morgan fingerprint density at radius 1 is 1.31 bits per heavy atom. The predicted molar refractivity (Wildman–Crippen MR) is 104 cm³/mol. The normalized spacial score (nSPS) is 11.8. The van der Waals surface area contributed by atoms with Crippen LogP contribution in [-0.4, -0.2) is 46.7 Å². The molecule has 140 valence electrons. The van der Waals surface area contributed by atoms with E-state index in [1.807, 2.05) is 48.9 Å². The Bertz CT molecular complexity index is 801. The van der Waals surface area contributed by atoms with Gasteiger partial charge in [0.25, 0.3) is 5.91 Å². The SMILES string of the molecule is COc1ccccc1-n1c(C)cc(C(=O)NC(CCSC)C(=O)O)c1C. The van der Waals surface area contributed by atoms with Gasteiger partial charge in [-0.1, -0.05) is 12.1 Å². The second-order valence-corrected chi connectivity index (χ2v) is 6.92. The van der Waals surface area contributed by atoms with E-state index < -0.39 is 12.0 Å². The quantitative estimate of drug-likeness (QED) is 0.740. The molecule has 6 nitrogen and oxygen atoms in total. The summed E-state index contributed by atoms with van der Waals surface area (Å²) < 4.78 is 7.35. The Labute approximate surface area is 157 Å². The number of nitrogens with zero attached hydrogens (tertiary/aromatic N) is 1. The monoisotopic (exact) mass is 376 g/mol. The number of hydrogen-bond acceptors (Lipinski definition) is 4. The van der Waals surface area contributed by atoms with Gasteiger partial charge in [-0.3, -0.25) is 4.79 Å². The molecule has 0 fully saturated rings. The van der Waals surface area contributed by atoms with Gasteiger partial charge < -0.3 is 19.7 Å². The van der Waals surface area contributed by atoms with Gasteiger partial charge in [0.1, 0.15) is 11.8 Å². The molecule has 0 aliphatic heterocycles. The third-order valence-corrected chi connectivity index (χ3v) is 4.86. The number of aliphatic carboxylic acids is 1. The standard InChI is InChI=1S/C19H24N2O4S/c1-12-11-14(18(22)20-15(19(23)24)9-10-26-4)13(2)21(12)16-7-5-6-8-17(16)25-3/h5-8,11,15H,9-10H2,1-4H3,(H,20,22)(H,23,24). The summed E-state index contributed by atoms with van der Waals surface area (Å²) in [5, 5.41) is 12.0. The van der Waals surface area contributed by atoms with Crippen LogP contribution >= 0.6 is 11.8 Å². The second-order valence-electron chi connectivity index (χ2n) is 5.94. The predicted octanol–water partition coefficient (Wildman–Crippen LogP) is 3.04. The van der Waals surface area contributed by atoms with E-state index in [1.165, 1.54) is 0 Å². The van der Waals surface area contributed by atoms with Crippen LogP contribution in [-0.2, 0) is 4.79 Å². The summed E-state index contributed by atoms with van der Waals surface area (Å²) in [5.41, 5.74) is 2.90. The largest absolute Gasteiger partial charge is 0.495 e. The number of benzene rings is 1. The zero-order valence-corrected chi connectivity index (χ0v) is 16.2. The minimum absolute atomic E-state index is 0.382. The third kappa shape index (κ3) is 4.22. The zero-order chi connectivity index (χ0) is 19.3. The van der Waals surface area contributed by atoms with Crippen LogP contribution in [0.1, 0.15) is 28.2 Å². The van der Waals surface area contributed by atoms with Crippen molar-refractivity contribution >= 4 is 23.6 Å². The third-order valence-electron chi connectivity index (χ3n) is 4.22. The van der Waals surface area contributed by atoms with Crippen LogP contribution in [0.3, 0.4) is 0 Å². The summed E-state index contributed by atoms with van der Waals surface area (Å²) in [4.78, 5) is 24.1. The van der Waals surface area contributed by atoms with Gasteiger partial charge in [0.05, 0.1) is 18.4 Å². The number of carbonyl (C=O) groups is 2. The van der Waals surface area contributed by atoms with Crippen molar-refractivity contribution in [3.63, 3.8) is 0 Å². The fourth-order valence-corrected chi connectivity index (χ4v) is 3.38. The van der Waals surface area contributed by atoms with Crippen LogP contribution in [0.4, 0.5) is 0 Å². The lowest BCUT2D eigenvalue weighted by Crippen LogP contribution is -2.41. The molecule has 1 heterocycles. The molecule has 7 heteroatoms. The van der Waals surface area contributed by atoms with Gasteiger partial charge in [0.2, 0.25) is 0 Å². The Hall–Kier alpha value is -2.41. The molecule has 2 N–H and O–H groups in total. The minimum atomic E-state index is -1.02. The molecule has 1 aromatic heterocycles. The van der Waals surface area contributed by atoms with E-state index in [0.29, 0.717) is 23.5 Å². The lowest BCUT2D eigenvalue weighted by molar-refractivity contribution is -0.139. The lowest BCUT2D eigenvalue weighted by Gasteiger charge is -2.15. The highest BCUT2D eigenvalue weighted by Gasteiger charge is 2.23. The summed E-state index contributed by atoms with van der Waals surface area (Å²) in [7, 11) is 1.60. The second kappa shape index (κ2) is 8.80. The Morgan fingerprint density at radius 2 is 2.00 bits per heavy atom. The molecular formula is C19H24N2O4S. The molecule has 0 bridgehead atoms. The highest BCUT2D eigenvalue weighted by molar-refractivity contribution is 7.98. The number of amides is 1. The van der Waals surface area contributed by atoms with Crippen molar-refractivity contribution in [2.75, 3.05) is 19.1 Å². The highest BCUT2D eigenvalue weighted by Crippen LogP contribution is 2.28. The average molecular weight is 376 g/mol. The Morgan fingerprint density at radius 3 is 2.62 bits per heavy atom. The summed E-state index contributed by atoms with van der Waals surface area (Å²) in [6.45, 7) is 3.74. The summed E-state index contributed by atoms with van der Waals surface area (Å²) in [5.74, 6) is -0.0411. The first-order valence-corrected chi connectivity index (χ1v) is 9.65. The molecule has 1 atom stereocenters. The maximum absolute atomic E-state index is 12.7. The molecule has 2 aromatic rings. The van der Waals surface area contributed by atoms with Crippen molar-refractivity contribution in [2.45, 2.75) is 26.3 Å². The van der Waals surface area contributed by atoms with Crippen LogP contribution in [0.25, 0.3) is 5.69 Å². The first-order valence-electron chi connectivity index (χ1n) is 8.25. The van der Waals surface area contributed by atoms with E-state index in [2.05, 4.69) is 5.32 Å². The molecule has 0 aliphatic carbocycles. The van der Waals surface area contributed by atoms with Crippen molar-refractivity contribution in [2.24, 2.45) is 0 Å². The molecule has 1 aromatic carbocycles. The molecule has 0 saturated heterocycles. The van der Waals surface area contributed by atoms with Crippen LogP contribution in [0.5, 0.6) is 5.75 Å². The van der Waals surface area contributed by atoms with E-state index in [9.17, 15) is 14.7 Å². The van der Waals surface area contributed by atoms with Gasteiger partial charge in [-0.2, -0.15) is 11.8 Å². The molecule has 0 saturated carbocycles. The van der Waals surface area contributed by atoms with Crippen LogP contribution in [0, 0.1) is 13.8 Å². The van der Waals surface area contributed by atoms with E-state index >= 15 is 0 Å². The van der Waals surface area contributed by atoms with Crippen LogP contribution < -0.4 is 10.1 Å². The molecule has 0 aliphatic rings. The van der Waals surface area contributed by atoms with Crippen LogP contribution in [0.2, 0.25) is 0 Å². The van der Waals surface area contributed by atoms with Gasteiger partial charge in [0, 0.05) is 11.4 Å². The number of methoxy groups -OCH3 is 1. The number of para-hydroxylation sites is 2. The lowest BCUT2D eigenvalue weighted by atomic mass is 10.2. The number of aryl methyl sites for hydroxylation is 1. The maximum atomic E-state index is 12.7. The van der Waals surface area contributed by atoms with E-state index in [0.717, 1.165) is 17.1 Å². The van der Waals surface area contributed by atoms with E-state index in [4.69, 9.17) is 4.74 Å². The molecular weight excluding hydrogens is 352 g/mol. The van der Waals surface area contributed by atoms with Crippen molar-refractivity contribution in [3.8, 4) is 11.4 Å². The topological polar surface area (TPSA) is 80.6 Å². The van der Waals surface area contributed by atoms with Crippen molar-refractivity contribution in [3.05, 3.63) is 47.3 Å². The molecule has 1 amide bonds. The number of carbonyl (C=O) groups excluding carboxylic acids is 1. The minimum Gasteiger partial charge on any atom is -0.495 e. The van der Waals surface area contributed by atoms with Crippen molar-refractivity contribution in [1.82, 2.24) is 9.88 Å². The number of carboxylic acids is 1. The van der Waals surface area contributed by atoms with Crippen molar-refractivity contribution < 1.29 is 19.4 Å². The fraction of sp³-hybridized carbons (Fsp3) is 0.368. The van der Waals surface area contributed by atoms with Crippen LogP contribution in [0.15, 0.2) is 30.3 Å². The number of nitrogens with one attached hydrogen (secondary N) is 1. The molecule has 26 heavy (non-hydrogen) atoms. The van der Waals surface area contributed by atoms with Gasteiger partial charge in [-0.05, 0) is 50.5 Å². The molecule has 1 unspecified atom stereocenters. The molecule has 2 rings (SSSR count). The number of ether oxygens (including phenoxy) is 1. The number of aromatic nitrogens is 1. The Balaban J connectivity index is 2.34. The zero-order valence-electron chi connectivity index (χ0n) is 15.4. The van der Waals surface area contributed by atoms with Gasteiger partial charge >= 0.3 is 5.97 Å². The fourth-order valence-electron chi connectivity index (χ4n) is 2.91. The average Bonchev–Trinajstić information content (AvgIpc) is 2.92. The number of hydrogen-bond donors (Lipinski definition) is 2. The summed E-state index contributed by atoms with van der Waals surface area (Å²) in [6, 6.07) is 8.43. The highest BCUT2D eigenvalue weighted by atomic mass is 32.2. The first kappa shape index (κ1) is 19.9. The van der Waals surface area contributed by atoms with Gasteiger partial charge in [-0.15, -0.1) is 0 Å².